The van der Waals surface area contributed by atoms with Gasteiger partial charge in [0.25, 0.3) is 0 Å². The van der Waals surface area contributed by atoms with Crippen molar-refractivity contribution in [1.29, 1.82) is 0 Å². The van der Waals surface area contributed by atoms with Crippen LogP contribution in [-0.2, 0) is 14.3 Å². The zero-order valence-electron chi connectivity index (χ0n) is 11.8. The van der Waals surface area contributed by atoms with E-state index in [1.54, 1.807) is 4.90 Å². The van der Waals surface area contributed by atoms with Gasteiger partial charge < -0.3 is 14.7 Å². The molecule has 0 bridgehead atoms. The largest absolute Gasteiger partial charge is 0.481 e. The minimum atomic E-state index is -0.827. The van der Waals surface area contributed by atoms with Gasteiger partial charge in [-0.2, -0.15) is 0 Å². The van der Waals surface area contributed by atoms with E-state index in [2.05, 4.69) is 0 Å². The number of carbonyl (C=O) groups excluding carboxylic acids is 1. The van der Waals surface area contributed by atoms with Crippen molar-refractivity contribution < 1.29 is 19.4 Å². The molecule has 1 fully saturated rings. The standard InChI is InChI=1S/C13H24N2O4/c1-3-11(2)15(5-4-13(17)18)10-12(16)14-6-8-19-9-7-14/h11H,3-10H2,1-2H3,(H,17,18). The van der Waals surface area contributed by atoms with Crippen molar-refractivity contribution in [1.82, 2.24) is 9.80 Å². The van der Waals surface area contributed by atoms with Crippen LogP contribution in [0.3, 0.4) is 0 Å². The molecule has 6 heteroatoms. The number of aliphatic carboxylic acids is 1. The molecule has 19 heavy (non-hydrogen) atoms. The quantitative estimate of drug-likeness (QED) is 0.727. The number of carbonyl (C=O) groups is 2. The van der Waals surface area contributed by atoms with Crippen molar-refractivity contribution in [2.45, 2.75) is 32.7 Å². The van der Waals surface area contributed by atoms with Crippen LogP contribution in [-0.4, -0.2) is 72.2 Å². The number of hydrogen-bond donors (Lipinski definition) is 1. The fourth-order valence-corrected chi connectivity index (χ4v) is 2.04. The van der Waals surface area contributed by atoms with Gasteiger partial charge in [-0.1, -0.05) is 6.92 Å². The first-order chi connectivity index (χ1) is 9.04. The number of carboxylic acids is 1. The minimum Gasteiger partial charge on any atom is -0.481 e. The van der Waals surface area contributed by atoms with Gasteiger partial charge in [-0.25, -0.2) is 0 Å². The molecule has 1 heterocycles. The highest BCUT2D eigenvalue weighted by molar-refractivity contribution is 5.78. The molecule has 6 nitrogen and oxygen atoms in total. The third kappa shape index (κ3) is 5.57. The molecule has 1 unspecified atom stereocenters. The zero-order valence-corrected chi connectivity index (χ0v) is 11.8. The van der Waals surface area contributed by atoms with Crippen LogP contribution < -0.4 is 0 Å². The molecule has 1 N–H and O–H groups in total. The maximum absolute atomic E-state index is 12.2. The fourth-order valence-electron chi connectivity index (χ4n) is 2.04. The SMILES string of the molecule is CCC(C)N(CCC(=O)O)CC(=O)N1CCOCC1. The predicted molar refractivity (Wildman–Crippen MR) is 71.0 cm³/mol. The van der Waals surface area contributed by atoms with E-state index in [4.69, 9.17) is 9.84 Å². The molecule has 1 saturated heterocycles. The van der Waals surface area contributed by atoms with E-state index in [-0.39, 0.29) is 18.4 Å². The first-order valence-electron chi connectivity index (χ1n) is 6.86. The van der Waals surface area contributed by atoms with Crippen molar-refractivity contribution in [2.24, 2.45) is 0 Å². The summed E-state index contributed by atoms with van der Waals surface area (Å²) in [5.74, 6) is -0.763. The Labute approximate surface area is 114 Å². The van der Waals surface area contributed by atoms with Crippen LogP contribution in [0.1, 0.15) is 26.7 Å². The highest BCUT2D eigenvalue weighted by atomic mass is 16.5. The molecular formula is C13H24N2O4. The molecule has 110 valence electrons. The molecule has 1 aliphatic heterocycles. The van der Waals surface area contributed by atoms with Gasteiger partial charge in [0.2, 0.25) is 5.91 Å². The van der Waals surface area contributed by atoms with Crippen LogP contribution in [0.15, 0.2) is 0 Å². The summed E-state index contributed by atoms with van der Waals surface area (Å²) in [5.41, 5.74) is 0. The van der Waals surface area contributed by atoms with Crippen LogP contribution in [0.25, 0.3) is 0 Å². The summed E-state index contributed by atoms with van der Waals surface area (Å²) >= 11 is 0. The second-order valence-corrected chi connectivity index (χ2v) is 4.86. The van der Waals surface area contributed by atoms with E-state index >= 15 is 0 Å². The van der Waals surface area contributed by atoms with E-state index in [0.717, 1.165) is 6.42 Å². The van der Waals surface area contributed by atoms with Crippen LogP contribution >= 0.6 is 0 Å². The van der Waals surface area contributed by atoms with E-state index in [1.807, 2.05) is 18.7 Å². The maximum atomic E-state index is 12.2. The molecule has 0 aliphatic carbocycles. The van der Waals surface area contributed by atoms with Crippen LogP contribution in [0.4, 0.5) is 0 Å². The van der Waals surface area contributed by atoms with E-state index in [0.29, 0.717) is 39.4 Å². The molecule has 0 aromatic rings. The molecule has 0 aromatic heterocycles. The fraction of sp³-hybridized carbons (Fsp3) is 0.846. The number of morpholine rings is 1. The van der Waals surface area contributed by atoms with Crippen molar-refractivity contribution in [3.8, 4) is 0 Å². The van der Waals surface area contributed by atoms with E-state index in [9.17, 15) is 9.59 Å². The average Bonchev–Trinajstić information content (AvgIpc) is 2.43. The summed E-state index contributed by atoms with van der Waals surface area (Å²) in [7, 11) is 0. The van der Waals surface area contributed by atoms with Gasteiger partial charge in [0.1, 0.15) is 0 Å². The summed E-state index contributed by atoms with van der Waals surface area (Å²) in [6.45, 7) is 7.21. The van der Waals surface area contributed by atoms with Crippen molar-refractivity contribution in [2.75, 3.05) is 39.4 Å². The van der Waals surface area contributed by atoms with Crippen molar-refractivity contribution >= 4 is 11.9 Å². The Kier molecular flexibility index (Phi) is 6.80. The normalized spacial score (nSPS) is 17.5. The Morgan fingerprint density at radius 2 is 2.00 bits per heavy atom. The second-order valence-electron chi connectivity index (χ2n) is 4.86. The monoisotopic (exact) mass is 272 g/mol. The molecule has 1 aliphatic rings. The van der Waals surface area contributed by atoms with Gasteiger partial charge in [-0.15, -0.1) is 0 Å². The molecule has 1 atom stereocenters. The smallest absolute Gasteiger partial charge is 0.304 e. The van der Waals surface area contributed by atoms with Gasteiger partial charge in [0.05, 0.1) is 26.2 Å². The van der Waals surface area contributed by atoms with Gasteiger partial charge in [-0.3, -0.25) is 14.5 Å². The first-order valence-corrected chi connectivity index (χ1v) is 6.86. The Balaban J connectivity index is 2.49. The lowest BCUT2D eigenvalue weighted by molar-refractivity contribution is -0.140. The number of carboxylic acid groups (broad SMARTS) is 1. The molecule has 0 aromatic carbocycles. The third-order valence-corrected chi connectivity index (χ3v) is 3.53. The summed E-state index contributed by atoms with van der Waals surface area (Å²) < 4.78 is 5.22. The summed E-state index contributed by atoms with van der Waals surface area (Å²) in [5, 5.41) is 8.76. The lowest BCUT2D eigenvalue weighted by Gasteiger charge is -2.32. The second kappa shape index (κ2) is 8.12. The Morgan fingerprint density at radius 1 is 1.37 bits per heavy atom. The minimum absolute atomic E-state index is 0.0639. The molecule has 0 radical (unpaired) electrons. The number of hydrogen-bond acceptors (Lipinski definition) is 4. The van der Waals surface area contributed by atoms with Crippen LogP contribution in [0, 0.1) is 0 Å². The van der Waals surface area contributed by atoms with E-state index < -0.39 is 5.97 Å². The van der Waals surface area contributed by atoms with Gasteiger partial charge >= 0.3 is 5.97 Å². The van der Waals surface area contributed by atoms with Crippen LogP contribution in [0.5, 0.6) is 0 Å². The van der Waals surface area contributed by atoms with Gasteiger partial charge in [0.15, 0.2) is 0 Å². The molecular weight excluding hydrogens is 248 g/mol. The molecule has 1 rings (SSSR count). The molecule has 0 spiro atoms. The highest BCUT2D eigenvalue weighted by Gasteiger charge is 2.22. The number of rotatable bonds is 7. The number of amides is 1. The van der Waals surface area contributed by atoms with Gasteiger partial charge in [-0.05, 0) is 13.3 Å². The van der Waals surface area contributed by atoms with Crippen LogP contribution in [0.2, 0.25) is 0 Å². The van der Waals surface area contributed by atoms with Crippen molar-refractivity contribution in [3.63, 3.8) is 0 Å². The number of ether oxygens (including phenoxy) is 1. The summed E-state index contributed by atoms with van der Waals surface area (Å²) in [6, 6.07) is 0.212. The summed E-state index contributed by atoms with van der Waals surface area (Å²) in [6.07, 6.45) is 0.969. The highest BCUT2D eigenvalue weighted by Crippen LogP contribution is 2.07. The Hall–Kier alpha value is -1.14. The molecule has 1 amide bonds. The van der Waals surface area contributed by atoms with E-state index in [1.165, 1.54) is 0 Å². The topological polar surface area (TPSA) is 70.1 Å². The first kappa shape index (κ1) is 15.9. The Bertz CT molecular complexity index is 303. The Morgan fingerprint density at radius 3 is 2.53 bits per heavy atom. The predicted octanol–water partition coefficient (Wildman–Crippen LogP) is 0.420. The molecule has 0 saturated carbocycles. The maximum Gasteiger partial charge on any atom is 0.304 e. The zero-order chi connectivity index (χ0) is 14.3. The van der Waals surface area contributed by atoms with Gasteiger partial charge in [0, 0.05) is 25.7 Å². The lowest BCUT2D eigenvalue weighted by atomic mass is 10.2. The van der Waals surface area contributed by atoms with Crippen molar-refractivity contribution in [3.05, 3.63) is 0 Å². The lowest BCUT2D eigenvalue weighted by Crippen LogP contribution is -2.48. The third-order valence-electron chi connectivity index (χ3n) is 3.53. The average molecular weight is 272 g/mol. The summed E-state index contributed by atoms with van der Waals surface area (Å²) in [4.78, 5) is 26.6. The number of nitrogens with zero attached hydrogens (tertiary/aromatic N) is 2.